The zero-order valence-electron chi connectivity index (χ0n) is 29.0. The summed E-state index contributed by atoms with van der Waals surface area (Å²) in [7, 11) is 3.14. The summed E-state index contributed by atoms with van der Waals surface area (Å²) in [6.07, 6.45) is 2.51. The second-order valence-corrected chi connectivity index (χ2v) is 12.8. The fourth-order valence-electron chi connectivity index (χ4n) is 5.56. The van der Waals surface area contributed by atoms with Crippen molar-refractivity contribution in [3.63, 3.8) is 0 Å². The molecule has 1 saturated heterocycles. The van der Waals surface area contributed by atoms with Crippen molar-refractivity contribution < 1.29 is 38.1 Å². The number of methoxy groups -OCH3 is 2. The molecule has 262 valence electrons. The molecule has 0 bridgehead atoms. The van der Waals surface area contributed by atoms with Crippen molar-refractivity contribution in [2.24, 2.45) is 5.41 Å². The topological polar surface area (TPSA) is 146 Å². The van der Waals surface area contributed by atoms with Crippen LogP contribution in [0.5, 0.6) is 17.2 Å². The van der Waals surface area contributed by atoms with Gasteiger partial charge in [0.05, 0.1) is 14.2 Å². The number of benzene rings is 3. The van der Waals surface area contributed by atoms with E-state index in [1.165, 1.54) is 4.90 Å². The van der Waals surface area contributed by atoms with Crippen LogP contribution < -0.4 is 25.3 Å². The zero-order valence-corrected chi connectivity index (χ0v) is 29.0. The van der Waals surface area contributed by atoms with Crippen LogP contribution in [0.15, 0.2) is 66.7 Å². The first-order valence-electron chi connectivity index (χ1n) is 16.6. The van der Waals surface area contributed by atoms with Gasteiger partial charge in [-0.1, -0.05) is 39.0 Å². The highest BCUT2D eigenvalue weighted by Crippen LogP contribution is 2.32. The van der Waals surface area contributed by atoms with E-state index >= 15 is 0 Å². The Morgan fingerprint density at radius 3 is 2.39 bits per heavy atom. The first kappa shape index (κ1) is 36.8. The molecule has 0 saturated carbocycles. The van der Waals surface area contributed by atoms with Crippen LogP contribution in [0, 0.1) is 5.41 Å². The van der Waals surface area contributed by atoms with Crippen LogP contribution in [0.1, 0.15) is 70.1 Å². The number of nitrogens with zero attached hydrogens (tertiary/aromatic N) is 1. The lowest BCUT2D eigenvalue weighted by Gasteiger charge is -2.36. The normalized spacial score (nSPS) is 15.1. The van der Waals surface area contributed by atoms with Gasteiger partial charge in [0, 0.05) is 23.3 Å². The van der Waals surface area contributed by atoms with E-state index in [1.807, 2.05) is 31.2 Å². The Balaban J connectivity index is 1.54. The molecular formula is C38H47N3O8. The molecule has 0 aromatic heterocycles. The number of nitrogen functional groups attached to an aromatic ring is 1. The minimum atomic E-state index is -0.877. The van der Waals surface area contributed by atoms with Crippen molar-refractivity contribution in [1.82, 2.24) is 4.90 Å². The Hall–Kier alpha value is -5.06. The number of esters is 1. The van der Waals surface area contributed by atoms with E-state index < -0.39 is 35.2 Å². The van der Waals surface area contributed by atoms with Crippen molar-refractivity contribution in [3.8, 4) is 17.2 Å². The van der Waals surface area contributed by atoms with Crippen molar-refractivity contribution >= 4 is 34.9 Å². The van der Waals surface area contributed by atoms with Gasteiger partial charge in [0.2, 0.25) is 5.78 Å². The number of ketones is 1. The number of carbonyl (C=O) groups excluding carboxylic acids is 4. The molecule has 2 amide bonds. The lowest BCUT2D eigenvalue weighted by molar-refractivity contribution is -0.164. The molecule has 4 rings (SSSR count). The summed E-state index contributed by atoms with van der Waals surface area (Å²) < 4.78 is 22.9. The quantitative estimate of drug-likeness (QED) is 0.114. The average Bonchev–Trinajstić information content (AvgIpc) is 3.12. The largest absolute Gasteiger partial charge is 0.493 e. The van der Waals surface area contributed by atoms with E-state index in [4.69, 9.17) is 24.7 Å². The second-order valence-electron chi connectivity index (χ2n) is 12.8. The third-order valence-electron chi connectivity index (χ3n) is 8.92. The molecule has 2 atom stereocenters. The SMILES string of the molecule is CCC(C)(C)C(=O)C(=O)N1CCCC[C@H]1C(=O)O[C@H](CCc1ccc(OC)c(OC)c1)c1cccc(OCC(=O)Nc2ccc(N)cc2)c1. The number of piperidine rings is 1. The molecule has 0 radical (unpaired) electrons. The van der Waals surface area contributed by atoms with Gasteiger partial charge in [0.1, 0.15) is 17.9 Å². The molecule has 49 heavy (non-hydrogen) atoms. The Morgan fingerprint density at radius 2 is 1.69 bits per heavy atom. The number of nitrogens with two attached hydrogens (primary N) is 1. The summed E-state index contributed by atoms with van der Waals surface area (Å²) in [6.45, 7) is 5.41. The van der Waals surface area contributed by atoms with Crippen LogP contribution in [-0.4, -0.2) is 61.9 Å². The molecule has 1 heterocycles. The number of anilines is 2. The van der Waals surface area contributed by atoms with E-state index in [0.717, 1.165) is 12.0 Å². The predicted molar refractivity (Wildman–Crippen MR) is 187 cm³/mol. The molecule has 3 aromatic carbocycles. The maximum absolute atomic E-state index is 13.9. The number of aryl methyl sites for hydroxylation is 1. The van der Waals surface area contributed by atoms with E-state index in [1.54, 1.807) is 70.5 Å². The predicted octanol–water partition coefficient (Wildman–Crippen LogP) is 5.91. The molecule has 0 unspecified atom stereocenters. The fourth-order valence-corrected chi connectivity index (χ4v) is 5.56. The number of ether oxygens (including phenoxy) is 4. The van der Waals surface area contributed by atoms with Gasteiger partial charge in [0.15, 0.2) is 18.1 Å². The average molecular weight is 674 g/mol. The second kappa shape index (κ2) is 16.9. The third-order valence-corrected chi connectivity index (χ3v) is 8.92. The van der Waals surface area contributed by atoms with Crippen molar-refractivity contribution in [2.75, 3.05) is 38.4 Å². The standard InChI is InChI=1S/C38H47N3O8/c1-6-38(2,3)35(43)36(44)41-21-8-7-12-30(41)37(45)49-31(19-13-25-14-20-32(46-4)33(22-25)47-5)26-10-9-11-29(23-26)48-24-34(42)40-28-17-15-27(39)16-18-28/h9-11,14-18,20,22-23,30-31H,6-8,12-13,19,21,24,39H2,1-5H3,(H,40,42)/t30-,31+/m0/s1. The van der Waals surface area contributed by atoms with E-state index in [0.29, 0.717) is 72.8 Å². The molecular weight excluding hydrogens is 626 g/mol. The summed E-state index contributed by atoms with van der Waals surface area (Å²) in [5.41, 5.74) is 7.66. The van der Waals surface area contributed by atoms with Gasteiger partial charge in [-0.2, -0.15) is 0 Å². The third kappa shape index (κ3) is 9.74. The van der Waals surface area contributed by atoms with Crippen molar-refractivity contribution in [2.45, 2.75) is 71.4 Å². The van der Waals surface area contributed by atoms with E-state index in [2.05, 4.69) is 5.32 Å². The molecule has 3 aromatic rings. The van der Waals surface area contributed by atoms with Gasteiger partial charge in [0.25, 0.3) is 11.8 Å². The zero-order chi connectivity index (χ0) is 35.6. The maximum Gasteiger partial charge on any atom is 0.329 e. The first-order valence-corrected chi connectivity index (χ1v) is 16.6. The summed E-state index contributed by atoms with van der Waals surface area (Å²) in [6, 6.07) is 18.6. The van der Waals surface area contributed by atoms with Crippen LogP contribution in [0.2, 0.25) is 0 Å². The van der Waals surface area contributed by atoms with Crippen LogP contribution in [0.4, 0.5) is 11.4 Å². The smallest absolute Gasteiger partial charge is 0.329 e. The number of nitrogens with one attached hydrogen (secondary N) is 1. The van der Waals surface area contributed by atoms with Crippen LogP contribution in [-0.2, 0) is 30.3 Å². The Bertz CT molecular complexity index is 1620. The Kier molecular flexibility index (Phi) is 12.6. The highest BCUT2D eigenvalue weighted by molar-refractivity contribution is 6.38. The van der Waals surface area contributed by atoms with Crippen LogP contribution in [0.3, 0.4) is 0 Å². The lowest BCUT2D eigenvalue weighted by atomic mass is 9.84. The van der Waals surface area contributed by atoms with Gasteiger partial charge in [-0.25, -0.2) is 4.79 Å². The first-order chi connectivity index (χ1) is 23.4. The lowest BCUT2D eigenvalue weighted by Crippen LogP contribution is -2.53. The molecule has 11 nitrogen and oxygen atoms in total. The minimum absolute atomic E-state index is 0.245. The van der Waals surface area contributed by atoms with Gasteiger partial charge >= 0.3 is 5.97 Å². The summed E-state index contributed by atoms with van der Waals surface area (Å²) in [4.78, 5) is 54.3. The summed E-state index contributed by atoms with van der Waals surface area (Å²) >= 11 is 0. The molecule has 11 heteroatoms. The fraction of sp³-hybridized carbons (Fsp3) is 0.421. The van der Waals surface area contributed by atoms with Gasteiger partial charge in [-0.3, -0.25) is 14.4 Å². The van der Waals surface area contributed by atoms with E-state index in [-0.39, 0.29) is 12.5 Å². The minimum Gasteiger partial charge on any atom is -0.493 e. The molecule has 1 aliphatic rings. The number of amides is 2. The highest BCUT2D eigenvalue weighted by Gasteiger charge is 2.41. The summed E-state index contributed by atoms with van der Waals surface area (Å²) in [5.74, 6) is -0.484. The number of rotatable bonds is 15. The number of Topliss-reactive ketones (excluding diaryl/α,β-unsaturated/α-hetero) is 1. The van der Waals surface area contributed by atoms with Gasteiger partial charge in [-0.15, -0.1) is 0 Å². The number of likely N-dealkylation sites (tertiary alicyclic amines) is 1. The maximum atomic E-state index is 13.9. The summed E-state index contributed by atoms with van der Waals surface area (Å²) in [5, 5.41) is 2.76. The molecule has 1 fully saturated rings. The number of carbonyl (C=O) groups is 4. The van der Waals surface area contributed by atoms with Crippen molar-refractivity contribution in [1.29, 1.82) is 0 Å². The van der Waals surface area contributed by atoms with Gasteiger partial charge < -0.3 is 34.9 Å². The Labute approximate surface area is 288 Å². The molecule has 1 aliphatic heterocycles. The molecule has 3 N–H and O–H groups in total. The highest BCUT2D eigenvalue weighted by atomic mass is 16.5. The van der Waals surface area contributed by atoms with Gasteiger partial charge in [-0.05, 0) is 98.2 Å². The number of hydrogen-bond acceptors (Lipinski definition) is 9. The number of hydrogen-bond donors (Lipinski definition) is 2. The molecule has 0 aliphatic carbocycles. The van der Waals surface area contributed by atoms with Crippen LogP contribution in [0.25, 0.3) is 0 Å². The van der Waals surface area contributed by atoms with Crippen molar-refractivity contribution in [3.05, 3.63) is 77.9 Å². The Morgan fingerprint density at radius 1 is 0.959 bits per heavy atom. The van der Waals surface area contributed by atoms with E-state index in [9.17, 15) is 19.2 Å². The molecule has 0 spiro atoms. The van der Waals surface area contributed by atoms with Crippen LogP contribution >= 0.6 is 0 Å². The monoisotopic (exact) mass is 673 g/mol.